The van der Waals surface area contributed by atoms with Crippen molar-refractivity contribution in [3.8, 4) is 17.0 Å². The average molecular weight is 246 g/mol. The highest BCUT2D eigenvalue weighted by Crippen LogP contribution is 2.32. The quantitative estimate of drug-likeness (QED) is 0.652. The standard InChI is InChI=1S/C11H10N4O3/c1-18-8-4-2-3-7(5-8)9-10(15(16)17)11(12)14-6-13-9/h2-6H,1H3,(H2,12,13,14). The molecule has 2 aromatic rings. The van der Waals surface area contributed by atoms with E-state index in [4.69, 9.17) is 10.5 Å². The van der Waals surface area contributed by atoms with Gasteiger partial charge in [0.05, 0.1) is 12.0 Å². The Hall–Kier alpha value is -2.70. The lowest BCUT2D eigenvalue weighted by Crippen LogP contribution is -2.02. The van der Waals surface area contributed by atoms with Crippen LogP contribution in [-0.2, 0) is 0 Å². The molecule has 0 aliphatic carbocycles. The van der Waals surface area contributed by atoms with Crippen LogP contribution in [0.15, 0.2) is 30.6 Å². The maximum atomic E-state index is 11.0. The first-order chi connectivity index (χ1) is 8.63. The molecule has 0 saturated carbocycles. The van der Waals surface area contributed by atoms with Crippen molar-refractivity contribution >= 4 is 11.5 Å². The minimum Gasteiger partial charge on any atom is -0.497 e. The van der Waals surface area contributed by atoms with Gasteiger partial charge in [0.15, 0.2) is 5.69 Å². The second kappa shape index (κ2) is 4.66. The summed E-state index contributed by atoms with van der Waals surface area (Å²) in [6, 6.07) is 6.79. The first-order valence-electron chi connectivity index (χ1n) is 5.02. The zero-order valence-corrected chi connectivity index (χ0v) is 9.53. The third-order valence-corrected chi connectivity index (χ3v) is 2.38. The molecule has 0 fully saturated rings. The number of anilines is 1. The summed E-state index contributed by atoms with van der Waals surface area (Å²) >= 11 is 0. The van der Waals surface area contributed by atoms with Crippen LogP contribution < -0.4 is 10.5 Å². The van der Waals surface area contributed by atoms with E-state index in [-0.39, 0.29) is 17.2 Å². The molecule has 0 aliphatic rings. The average Bonchev–Trinajstić information content (AvgIpc) is 2.38. The Bertz CT molecular complexity index is 601. The minimum atomic E-state index is -0.593. The lowest BCUT2D eigenvalue weighted by atomic mass is 10.1. The number of nitrogen functional groups attached to an aromatic ring is 1. The van der Waals surface area contributed by atoms with Crippen LogP contribution in [0.4, 0.5) is 11.5 Å². The van der Waals surface area contributed by atoms with Crippen LogP contribution in [-0.4, -0.2) is 22.0 Å². The first kappa shape index (κ1) is 11.8. The Labute approximate surface area is 102 Å². The molecule has 7 heteroatoms. The monoisotopic (exact) mass is 246 g/mol. The van der Waals surface area contributed by atoms with E-state index in [1.54, 1.807) is 24.3 Å². The molecule has 0 aliphatic heterocycles. The van der Waals surface area contributed by atoms with Crippen LogP contribution in [0.2, 0.25) is 0 Å². The third kappa shape index (κ3) is 2.05. The lowest BCUT2D eigenvalue weighted by molar-refractivity contribution is -0.383. The number of rotatable bonds is 3. The summed E-state index contributed by atoms with van der Waals surface area (Å²) in [5.74, 6) is 0.423. The highest BCUT2D eigenvalue weighted by Gasteiger charge is 2.22. The number of nitrogens with two attached hydrogens (primary N) is 1. The van der Waals surface area contributed by atoms with Gasteiger partial charge in [-0.15, -0.1) is 0 Å². The number of ether oxygens (including phenoxy) is 1. The smallest absolute Gasteiger partial charge is 0.337 e. The fourth-order valence-corrected chi connectivity index (χ4v) is 1.55. The zero-order valence-electron chi connectivity index (χ0n) is 9.53. The van der Waals surface area contributed by atoms with Crippen LogP contribution >= 0.6 is 0 Å². The molecule has 0 saturated heterocycles. The van der Waals surface area contributed by atoms with Crippen molar-refractivity contribution in [3.05, 3.63) is 40.7 Å². The van der Waals surface area contributed by atoms with Gasteiger partial charge in [-0.25, -0.2) is 9.97 Å². The summed E-state index contributed by atoms with van der Waals surface area (Å²) < 4.78 is 5.06. The van der Waals surface area contributed by atoms with Crippen LogP contribution in [0.5, 0.6) is 5.75 Å². The van der Waals surface area contributed by atoms with Crippen molar-refractivity contribution in [2.75, 3.05) is 12.8 Å². The van der Waals surface area contributed by atoms with Gasteiger partial charge in [0, 0.05) is 5.56 Å². The number of nitro groups is 1. The van der Waals surface area contributed by atoms with Crippen molar-refractivity contribution in [3.63, 3.8) is 0 Å². The number of hydrogen-bond donors (Lipinski definition) is 1. The van der Waals surface area contributed by atoms with Gasteiger partial charge in [0.1, 0.15) is 12.1 Å². The van der Waals surface area contributed by atoms with Crippen molar-refractivity contribution in [1.82, 2.24) is 9.97 Å². The molecular weight excluding hydrogens is 236 g/mol. The van der Waals surface area contributed by atoms with Gasteiger partial charge in [0.25, 0.3) is 0 Å². The van der Waals surface area contributed by atoms with E-state index >= 15 is 0 Å². The SMILES string of the molecule is COc1cccc(-c2ncnc(N)c2[N+](=O)[O-])c1. The van der Waals surface area contributed by atoms with Crippen LogP contribution in [0.3, 0.4) is 0 Å². The summed E-state index contributed by atoms with van der Waals surface area (Å²) in [5, 5.41) is 11.0. The number of nitrogens with zero attached hydrogens (tertiary/aromatic N) is 3. The largest absolute Gasteiger partial charge is 0.497 e. The maximum Gasteiger partial charge on any atom is 0.337 e. The van der Waals surface area contributed by atoms with Gasteiger partial charge in [-0.3, -0.25) is 10.1 Å². The van der Waals surface area contributed by atoms with Crippen LogP contribution in [0.1, 0.15) is 0 Å². The highest BCUT2D eigenvalue weighted by molar-refractivity contribution is 5.76. The number of benzene rings is 1. The van der Waals surface area contributed by atoms with E-state index in [1.807, 2.05) is 0 Å². The summed E-state index contributed by atoms with van der Waals surface area (Å²) in [6.07, 6.45) is 1.19. The predicted octanol–water partition coefficient (Wildman–Crippen LogP) is 1.64. The third-order valence-electron chi connectivity index (χ3n) is 2.38. The summed E-state index contributed by atoms with van der Waals surface area (Å²) in [7, 11) is 1.52. The van der Waals surface area contributed by atoms with Crippen molar-refractivity contribution in [2.24, 2.45) is 0 Å². The van der Waals surface area contributed by atoms with Gasteiger partial charge >= 0.3 is 5.69 Å². The Morgan fingerprint density at radius 3 is 2.83 bits per heavy atom. The molecule has 18 heavy (non-hydrogen) atoms. The second-order valence-corrected chi connectivity index (χ2v) is 3.45. The molecule has 1 aromatic carbocycles. The molecular formula is C11H10N4O3. The van der Waals surface area contributed by atoms with E-state index in [2.05, 4.69) is 9.97 Å². The Balaban J connectivity index is 2.63. The van der Waals surface area contributed by atoms with E-state index in [9.17, 15) is 10.1 Å². The number of aromatic nitrogens is 2. The molecule has 0 radical (unpaired) electrons. The predicted molar refractivity (Wildman–Crippen MR) is 65.1 cm³/mol. The molecule has 92 valence electrons. The van der Waals surface area contributed by atoms with Crippen molar-refractivity contribution in [1.29, 1.82) is 0 Å². The summed E-state index contributed by atoms with van der Waals surface area (Å²) in [5.41, 5.74) is 5.93. The van der Waals surface area contributed by atoms with E-state index in [0.717, 1.165) is 0 Å². The highest BCUT2D eigenvalue weighted by atomic mass is 16.6. The number of methoxy groups -OCH3 is 1. The fraction of sp³-hybridized carbons (Fsp3) is 0.0909. The van der Waals surface area contributed by atoms with Crippen molar-refractivity contribution < 1.29 is 9.66 Å². The van der Waals surface area contributed by atoms with Crippen LogP contribution in [0, 0.1) is 10.1 Å². The molecule has 0 amide bonds. The summed E-state index contributed by atoms with van der Waals surface area (Å²) in [6.45, 7) is 0. The normalized spacial score (nSPS) is 10.1. The molecule has 7 nitrogen and oxygen atoms in total. The zero-order chi connectivity index (χ0) is 13.1. The molecule has 1 heterocycles. The topological polar surface area (TPSA) is 104 Å². The van der Waals surface area contributed by atoms with Gasteiger partial charge < -0.3 is 10.5 Å². The van der Waals surface area contributed by atoms with E-state index in [0.29, 0.717) is 11.3 Å². The minimum absolute atomic E-state index is 0.159. The Kier molecular flexibility index (Phi) is 3.05. The Morgan fingerprint density at radius 2 is 2.17 bits per heavy atom. The number of hydrogen-bond acceptors (Lipinski definition) is 6. The van der Waals surface area contributed by atoms with Gasteiger partial charge in [-0.2, -0.15) is 0 Å². The molecule has 1 aromatic heterocycles. The lowest BCUT2D eigenvalue weighted by Gasteiger charge is -2.05. The molecule has 0 spiro atoms. The molecule has 0 atom stereocenters. The van der Waals surface area contributed by atoms with Gasteiger partial charge in [0.2, 0.25) is 5.82 Å². The van der Waals surface area contributed by atoms with Crippen molar-refractivity contribution in [2.45, 2.75) is 0 Å². The van der Waals surface area contributed by atoms with Gasteiger partial charge in [-0.05, 0) is 12.1 Å². The second-order valence-electron chi connectivity index (χ2n) is 3.45. The van der Waals surface area contributed by atoms with E-state index < -0.39 is 4.92 Å². The van der Waals surface area contributed by atoms with Gasteiger partial charge in [-0.1, -0.05) is 12.1 Å². The van der Waals surface area contributed by atoms with E-state index in [1.165, 1.54) is 13.4 Å². The molecule has 2 rings (SSSR count). The molecule has 0 unspecified atom stereocenters. The first-order valence-corrected chi connectivity index (χ1v) is 5.02. The molecule has 0 bridgehead atoms. The molecule has 2 N–H and O–H groups in total. The summed E-state index contributed by atoms with van der Waals surface area (Å²) in [4.78, 5) is 17.9. The maximum absolute atomic E-state index is 11.0. The van der Waals surface area contributed by atoms with Crippen LogP contribution in [0.25, 0.3) is 11.3 Å². The Morgan fingerprint density at radius 1 is 1.39 bits per heavy atom. The fourth-order valence-electron chi connectivity index (χ4n) is 1.55.